The fraction of sp³-hybridized carbons (Fsp3) is 0.846. The van der Waals surface area contributed by atoms with Gasteiger partial charge in [-0.1, -0.05) is 0 Å². The highest BCUT2D eigenvalue weighted by Crippen LogP contribution is 2.11. The maximum atomic E-state index is 11.7. The summed E-state index contributed by atoms with van der Waals surface area (Å²) in [5.41, 5.74) is -1.12. The Bertz CT molecular complexity index is 297. The van der Waals surface area contributed by atoms with Gasteiger partial charge in [0, 0.05) is 14.1 Å². The Labute approximate surface area is 115 Å². The number of ether oxygens (including phenoxy) is 2. The van der Waals surface area contributed by atoms with Gasteiger partial charge >= 0.3 is 12.2 Å². The lowest BCUT2D eigenvalue weighted by atomic mass is 10.2. The topological polar surface area (TPSA) is 59.1 Å². The van der Waals surface area contributed by atoms with E-state index in [4.69, 9.17) is 9.47 Å². The number of rotatable bonds is 2. The van der Waals surface area contributed by atoms with Crippen LogP contribution in [0.1, 0.15) is 41.5 Å². The van der Waals surface area contributed by atoms with Crippen molar-refractivity contribution in [3.05, 3.63) is 0 Å². The van der Waals surface area contributed by atoms with Crippen LogP contribution in [-0.4, -0.2) is 54.0 Å². The van der Waals surface area contributed by atoms with Gasteiger partial charge in [-0.3, -0.25) is 9.80 Å². The fourth-order valence-corrected chi connectivity index (χ4v) is 1.11. The van der Waals surface area contributed by atoms with E-state index in [1.54, 1.807) is 55.6 Å². The summed E-state index contributed by atoms with van der Waals surface area (Å²) < 4.78 is 10.4. The molecule has 0 aromatic rings. The SMILES string of the molecule is CN(CN(C)C(=O)OC(C)(C)C)C(=O)OC(C)(C)C. The second-order valence-corrected chi connectivity index (χ2v) is 6.50. The molecule has 0 saturated heterocycles. The van der Waals surface area contributed by atoms with Gasteiger partial charge in [0.1, 0.15) is 17.9 Å². The van der Waals surface area contributed by atoms with Crippen LogP contribution in [0.3, 0.4) is 0 Å². The molecule has 0 radical (unpaired) electrons. The van der Waals surface area contributed by atoms with E-state index in [-0.39, 0.29) is 6.67 Å². The van der Waals surface area contributed by atoms with Crippen LogP contribution >= 0.6 is 0 Å². The molecule has 0 aliphatic carbocycles. The first-order chi connectivity index (χ1) is 8.32. The molecule has 0 aliphatic rings. The summed E-state index contributed by atoms with van der Waals surface area (Å²) in [6.45, 7) is 10.8. The van der Waals surface area contributed by atoms with Crippen LogP contribution in [-0.2, 0) is 9.47 Å². The van der Waals surface area contributed by atoms with E-state index in [1.807, 2.05) is 0 Å². The maximum Gasteiger partial charge on any atom is 0.411 e. The van der Waals surface area contributed by atoms with Crippen molar-refractivity contribution in [2.45, 2.75) is 52.7 Å². The summed E-state index contributed by atoms with van der Waals surface area (Å²) in [5.74, 6) is 0. The van der Waals surface area contributed by atoms with Gasteiger partial charge in [0.25, 0.3) is 0 Å². The van der Waals surface area contributed by atoms with Gasteiger partial charge in [0.2, 0.25) is 0 Å². The van der Waals surface area contributed by atoms with Crippen molar-refractivity contribution in [2.24, 2.45) is 0 Å². The minimum absolute atomic E-state index is 0.101. The third-order valence-electron chi connectivity index (χ3n) is 1.83. The zero-order valence-corrected chi connectivity index (χ0v) is 13.2. The average molecular weight is 274 g/mol. The molecule has 6 heteroatoms. The predicted octanol–water partition coefficient (Wildman–Crippen LogP) is 2.68. The van der Waals surface area contributed by atoms with Crippen LogP contribution in [0.15, 0.2) is 0 Å². The van der Waals surface area contributed by atoms with Crippen LogP contribution < -0.4 is 0 Å². The third-order valence-corrected chi connectivity index (χ3v) is 1.83. The van der Waals surface area contributed by atoms with Crippen molar-refractivity contribution in [2.75, 3.05) is 20.8 Å². The molecule has 6 nitrogen and oxygen atoms in total. The minimum Gasteiger partial charge on any atom is -0.444 e. The molecule has 0 aliphatic heterocycles. The summed E-state index contributed by atoms with van der Waals surface area (Å²) in [4.78, 5) is 26.1. The summed E-state index contributed by atoms with van der Waals surface area (Å²) in [6, 6.07) is 0. The molecule has 0 rings (SSSR count). The maximum absolute atomic E-state index is 11.7. The lowest BCUT2D eigenvalue weighted by Crippen LogP contribution is -2.44. The molecule has 112 valence electrons. The van der Waals surface area contributed by atoms with E-state index in [9.17, 15) is 9.59 Å². The zero-order valence-electron chi connectivity index (χ0n) is 13.2. The molecular formula is C13H26N2O4. The monoisotopic (exact) mass is 274 g/mol. The second-order valence-electron chi connectivity index (χ2n) is 6.50. The summed E-state index contributed by atoms with van der Waals surface area (Å²) in [7, 11) is 3.13. The lowest BCUT2D eigenvalue weighted by molar-refractivity contribution is 0.00736. The molecule has 0 heterocycles. The van der Waals surface area contributed by atoms with Crippen LogP contribution in [0.5, 0.6) is 0 Å². The van der Waals surface area contributed by atoms with Gasteiger partial charge in [-0.25, -0.2) is 9.59 Å². The highest BCUT2D eigenvalue weighted by molar-refractivity contribution is 5.70. The van der Waals surface area contributed by atoms with Crippen molar-refractivity contribution in [3.63, 3.8) is 0 Å². The van der Waals surface area contributed by atoms with Gasteiger partial charge in [-0.15, -0.1) is 0 Å². The summed E-state index contributed by atoms with van der Waals surface area (Å²) in [5, 5.41) is 0. The van der Waals surface area contributed by atoms with Crippen LogP contribution in [0.2, 0.25) is 0 Å². The molecule has 0 aromatic heterocycles. The minimum atomic E-state index is -0.560. The lowest BCUT2D eigenvalue weighted by Gasteiger charge is -2.29. The largest absolute Gasteiger partial charge is 0.444 e. The zero-order chi connectivity index (χ0) is 15.4. The number of carbonyl (C=O) groups excluding carboxylic acids is 2. The van der Waals surface area contributed by atoms with Gasteiger partial charge < -0.3 is 9.47 Å². The summed E-state index contributed by atoms with van der Waals surface area (Å²) in [6.07, 6.45) is -0.967. The Balaban J connectivity index is 4.36. The van der Waals surface area contributed by atoms with Crippen molar-refractivity contribution in [3.8, 4) is 0 Å². The van der Waals surface area contributed by atoms with Gasteiger partial charge in [0.15, 0.2) is 0 Å². The van der Waals surface area contributed by atoms with E-state index in [1.165, 1.54) is 9.80 Å². The Kier molecular flexibility index (Phi) is 5.65. The standard InChI is InChI=1S/C13H26N2O4/c1-12(2,3)18-10(16)14(7)9-15(8)11(17)19-13(4,5)6/h9H2,1-8H3. The molecule has 0 aromatic carbocycles. The molecule has 0 bridgehead atoms. The van der Waals surface area contributed by atoms with E-state index in [2.05, 4.69) is 0 Å². The first kappa shape index (κ1) is 17.5. The van der Waals surface area contributed by atoms with Gasteiger partial charge in [-0.05, 0) is 41.5 Å². The molecular weight excluding hydrogens is 248 g/mol. The number of hydrogen-bond donors (Lipinski definition) is 0. The van der Waals surface area contributed by atoms with Crippen LogP contribution in [0, 0.1) is 0 Å². The van der Waals surface area contributed by atoms with Gasteiger partial charge in [0.05, 0.1) is 0 Å². The quantitative estimate of drug-likeness (QED) is 0.726. The molecule has 19 heavy (non-hydrogen) atoms. The van der Waals surface area contributed by atoms with E-state index < -0.39 is 23.4 Å². The van der Waals surface area contributed by atoms with Crippen LogP contribution in [0.4, 0.5) is 9.59 Å². The molecule has 0 saturated carbocycles. The third kappa shape index (κ3) is 8.29. The number of carbonyl (C=O) groups is 2. The molecule has 0 fully saturated rings. The number of nitrogens with zero attached hydrogens (tertiary/aromatic N) is 2. The first-order valence-corrected chi connectivity index (χ1v) is 6.20. The van der Waals surface area contributed by atoms with Crippen molar-refractivity contribution >= 4 is 12.2 Å². The predicted molar refractivity (Wildman–Crippen MR) is 72.9 cm³/mol. The normalized spacial score (nSPS) is 11.8. The Hall–Kier alpha value is -1.46. The van der Waals surface area contributed by atoms with Gasteiger partial charge in [-0.2, -0.15) is 0 Å². The Morgan fingerprint density at radius 1 is 0.789 bits per heavy atom. The molecule has 0 atom stereocenters. The number of amides is 2. The summed E-state index contributed by atoms with van der Waals surface area (Å²) >= 11 is 0. The molecule has 0 spiro atoms. The Morgan fingerprint density at radius 3 is 1.26 bits per heavy atom. The highest BCUT2D eigenvalue weighted by Gasteiger charge is 2.24. The van der Waals surface area contributed by atoms with E-state index >= 15 is 0 Å². The average Bonchev–Trinajstić information content (AvgIpc) is 2.11. The van der Waals surface area contributed by atoms with Crippen molar-refractivity contribution < 1.29 is 19.1 Å². The van der Waals surface area contributed by atoms with E-state index in [0.29, 0.717) is 0 Å². The molecule has 2 amide bonds. The Morgan fingerprint density at radius 2 is 1.05 bits per heavy atom. The highest BCUT2D eigenvalue weighted by atomic mass is 16.6. The number of hydrogen-bond acceptors (Lipinski definition) is 4. The van der Waals surface area contributed by atoms with E-state index in [0.717, 1.165) is 0 Å². The van der Waals surface area contributed by atoms with Crippen LogP contribution in [0.25, 0.3) is 0 Å². The van der Waals surface area contributed by atoms with Crippen molar-refractivity contribution in [1.82, 2.24) is 9.80 Å². The molecule has 0 N–H and O–H groups in total. The molecule has 0 unspecified atom stereocenters. The second kappa shape index (κ2) is 6.12. The smallest absolute Gasteiger partial charge is 0.411 e. The fourth-order valence-electron chi connectivity index (χ4n) is 1.11. The first-order valence-electron chi connectivity index (χ1n) is 6.20. The van der Waals surface area contributed by atoms with Crippen molar-refractivity contribution in [1.29, 1.82) is 0 Å².